The molecular formula is C29H34O14. The number of hydrogen-bond acceptors (Lipinski definition) is 14. The van der Waals surface area contributed by atoms with Crippen molar-refractivity contribution in [3.8, 4) is 17.2 Å². The van der Waals surface area contributed by atoms with Gasteiger partial charge in [0.25, 0.3) is 0 Å². The summed E-state index contributed by atoms with van der Waals surface area (Å²) in [5, 5.41) is 81.7. The maximum Gasteiger partial charge on any atom is 0.331 e. The van der Waals surface area contributed by atoms with Gasteiger partial charge < -0.3 is 64.5 Å². The monoisotopic (exact) mass is 606 g/mol. The molecule has 3 aliphatic rings. The average Bonchev–Trinajstić information content (AvgIpc) is 3.34. The lowest BCUT2D eigenvalue weighted by molar-refractivity contribution is -0.318. The maximum absolute atomic E-state index is 12.3. The van der Waals surface area contributed by atoms with Gasteiger partial charge in [-0.15, -0.1) is 0 Å². The van der Waals surface area contributed by atoms with Gasteiger partial charge in [-0.25, -0.2) is 4.79 Å². The van der Waals surface area contributed by atoms with Crippen LogP contribution in [0.2, 0.25) is 0 Å². The van der Waals surface area contributed by atoms with Crippen molar-refractivity contribution >= 4 is 11.5 Å². The second-order valence-electron chi connectivity index (χ2n) is 10.7. The first-order valence-corrected chi connectivity index (χ1v) is 13.6. The van der Waals surface area contributed by atoms with Crippen LogP contribution in [-0.2, 0) is 30.2 Å². The molecule has 5 rings (SSSR count). The smallest absolute Gasteiger partial charge is 0.331 e. The molecule has 0 saturated carbocycles. The highest BCUT2D eigenvalue weighted by atomic mass is 16.7. The topological polar surface area (TPSA) is 225 Å². The Morgan fingerprint density at radius 2 is 1.42 bits per heavy atom. The van der Waals surface area contributed by atoms with Crippen molar-refractivity contribution in [3.05, 3.63) is 59.7 Å². The predicted molar refractivity (Wildman–Crippen MR) is 143 cm³/mol. The molecular weight excluding hydrogens is 572 g/mol. The molecule has 0 aliphatic carbocycles. The molecule has 43 heavy (non-hydrogen) atoms. The lowest BCUT2D eigenvalue weighted by Crippen LogP contribution is -2.61. The predicted octanol–water partition coefficient (Wildman–Crippen LogP) is -1.32. The molecule has 2 saturated heterocycles. The van der Waals surface area contributed by atoms with Gasteiger partial charge in [0.15, 0.2) is 6.29 Å². The fourth-order valence-electron chi connectivity index (χ4n) is 5.17. The molecule has 2 aromatic rings. The zero-order valence-electron chi connectivity index (χ0n) is 22.9. The number of aliphatic hydroxyl groups excluding tert-OH is 6. The van der Waals surface area contributed by atoms with Crippen molar-refractivity contribution in [3.63, 3.8) is 0 Å². The van der Waals surface area contributed by atoms with Gasteiger partial charge in [-0.05, 0) is 36.8 Å². The van der Waals surface area contributed by atoms with Crippen molar-refractivity contribution in [1.29, 1.82) is 0 Å². The Hall–Kier alpha value is -3.31. The zero-order valence-corrected chi connectivity index (χ0v) is 22.9. The number of phenols is 2. The molecule has 0 bridgehead atoms. The highest BCUT2D eigenvalue weighted by Crippen LogP contribution is 2.38. The molecule has 0 radical (unpaired) electrons. The van der Waals surface area contributed by atoms with Crippen LogP contribution in [0.1, 0.15) is 18.1 Å². The van der Waals surface area contributed by atoms with Crippen LogP contribution in [0.15, 0.2) is 48.5 Å². The number of aliphatic hydroxyl groups is 6. The first kappa shape index (κ1) is 31.1. The van der Waals surface area contributed by atoms with Gasteiger partial charge in [0.05, 0.1) is 12.7 Å². The van der Waals surface area contributed by atoms with Crippen molar-refractivity contribution in [2.45, 2.75) is 80.9 Å². The van der Waals surface area contributed by atoms with Gasteiger partial charge in [-0.2, -0.15) is 0 Å². The molecule has 2 aromatic carbocycles. The SMILES string of the molecule is C[C@@H]1O[C@@H](OC[C@H]2O[C@@H](Oc3cc(O)ccc3C3=CC(=O)O[C@H]3Cc3ccc(O)cc3)[C@H](O)[C@@H](O)[C@@H]2O)[C@H](O)[C@H](O)[C@H]1O. The number of benzene rings is 2. The van der Waals surface area contributed by atoms with Crippen LogP contribution >= 0.6 is 0 Å². The van der Waals surface area contributed by atoms with E-state index in [9.17, 15) is 45.6 Å². The molecule has 0 aromatic heterocycles. The standard InChI is InChI=1S/C29H34O14/c1-12-22(33)24(35)26(37)28(40-12)39-11-20-23(34)25(36)27(38)29(43-20)42-19-9-15(31)6-7-16(19)17-10-21(32)41-18(17)8-13-2-4-14(30)5-3-13/h2-7,9-10,12,18,20,22-31,33-38H,8,11H2,1H3/t12-,18-,20+,22-,23+,24+,25-,26+,27+,28+,29+/m0/s1. The Morgan fingerprint density at radius 1 is 0.767 bits per heavy atom. The Kier molecular flexibility index (Phi) is 9.22. The van der Waals surface area contributed by atoms with E-state index in [2.05, 4.69) is 0 Å². The number of esters is 1. The molecule has 3 heterocycles. The van der Waals surface area contributed by atoms with E-state index in [-0.39, 0.29) is 23.7 Å². The summed E-state index contributed by atoms with van der Waals surface area (Å²) in [6, 6.07) is 10.4. The van der Waals surface area contributed by atoms with Crippen molar-refractivity contribution < 1.29 is 69.3 Å². The minimum Gasteiger partial charge on any atom is -0.508 e. The maximum atomic E-state index is 12.3. The summed E-state index contributed by atoms with van der Waals surface area (Å²) < 4.78 is 28.0. The molecule has 2 fully saturated rings. The number of rotatable bonds is 8. The molecule has 0 spiro atoms. The molecule has 8 N–H and O–H groups in total. The second kappa shape index (κ2) is 12.7. The molecule has 14 heteroatoms. The van der Waals surface area contributed by atoms with Gasteiger partial charge in [0.2, 0.25) is 6.29 Å². The minimum absolute atomic E-state index is 0.0375. The Morgan fingerprint density at radius 3 is 2.14 bits per heavy atom. The van der Waals surface area contributed by atoms with E-state index in [0.29, 0.717) is 11.1 Å². The summed E-state index contributed by atoms with van der Waals surface area (Å²) in [6.45, 7) is 0.976. The number of aromatic hydroxyl groups is 2. The van der Waals surface area contributed by atoms with Crippen LogP contribution < -0.4 is 4.74 Å². The third kappa shape index (κ3) is 6.62. The van der Waals surface area contributed by atoms with Gasteiger partial charge >= 0.3 is 5.97 Å². The Bertz CT molecular complexity index is 1310. The van der Waals surface area contributed by atoms with Crippen LogP contribution in [0.4, 0.5) is 0 Å². The number of carbonyl (C=O) groups is 1. The second-order valence-corrected chi connectivity index (χ2v) is 10.7. The third-order valence-electron chi connectivity index (χ3n) is 7.66. The lowest BCUT2D eigenvalue weighted by atomic mass is 9.95. The van der Waals surface area contributed by atoms with E-state index in [1.54, 1.807) is 12.1 Å². The van der Waals surface area contributed by atoms with E-state index in [4.69, 9.17) is 23.7 Å². The summed E-state index contributed by atoms with van der Waals surface area (Å²) in [5.74, 6) is -0.789. The highest BCUT2D eigenvalue weighted by molar-refractivity contribution is 5.98. The van der Waals surface area contributed by atoms with Crippen molar-refractivity contribution in [1.82, 2.24) is 0 Å². The van der Waals surface area contributed by atoms with Crippen molar-refractivity contribution in [2.75, 3.05) is 6.61 Å². The van der Waals surface area contributed by atoms with Gasteiger partial charge in [-0.3, -0.25) is 0 Å². The number of carbonyl (C=O) groups excluding carboxylic acids is 1. The van der Waals surface area contributed by atoms with Crippen molar-refractivity contribution in [2.24, 2.45) is 0 Å². The van der Waals surface area contributed by atoms with E-state index in [0.717, 1.165) is 5.56 Å². The van der Waals surface area contributed by atoms with E-state index in [1.165, 1.54) is 43.3 Å². The summed E-state index contributed by atoms with van der Waals surface area (Å²) in [7, 11) is 0. The number of hydrogen-bond donors (Lipinski definition) is 8. The van der Waals surface area contributed by atoms with Crippen LogP contribution in [-0.4, -0.2) is 121 Å². The Labute approximate surface area is 245 Å². The normalized spacial score (nSPS) is 36.2. The Balaban J connectivity index is 1.33. The molecule has 0 amide bonds. The third-order valence-corrected chi connectivity index (χ3v) is 7.66. The molecule has 0 unspecified atom stereocenters. The molecule has 11 atom stereocenters. The van der Waals surface area contributed by atoms with Gasteiger partial charge in [-0.1, -0.05) is 12.1 Å². The summed E-state index contributed by atoms with van der Waals surface area (Å²) in [4.78, 5) is 12.3. The first-order chi connectivity index (χ1) is 20.4. The van der Waals surface area contributed by atoms with E-state index < -0.39 is 80.1 Å². The summed E-state index contributed by atoms with van der Waals surface area (Å²) in [6.07, 6.45) is -14.2. The molecule has 3 aliphatic heterocycles. The fraction of sp³-hybridized carbons (Fsp3) is 0.483. The summed E-state index contributed by atoms with van der Waals surface area (Å²) in [5.41, 5.74) is 1.48. The first-order valence-electron chi connectivity index (χ1n) is 13.6. The summed E-state index contributed by atoms with van der Waals surface area (Å²) >= 11 is 0. The molecule has 234 valence electrons. The van der Waals surface area contributed by atoms with Gasteiger partial charge in [0, 0.05) is 29.7 Å². The zero-order chi connectivity index (χ0) is 31.0. The van der Waals surface area contributed by atoms with Crippen LogP contribution in [0, 0.1) is 0 Å². The lowest BCUT2D eigenvalue weighted by Gasteiger charge is -2.42. The van der Waals surface area contributed by atoms with Crippen LogP contribution in [0.3, 0.4) is 0 Å². The van der Waals surface area contributed by atoms with E-state index >= 15 is 0 Å². The average molecular weight is 607 g/mol. The van der Waals surface area contributed by atoms with Gasteiger partial charge in [0.1, 0.15) is 66.1 Å². The highest BCUT2D eigenvalue weighted by Gasteiger charge is 2.47. The fourth-order valence-corrected chi connectivity index (χ4v) is 5.17. The van der Waals surface area contributed by atoms with E-state index in [1.807, 2.05) is 0 Å². The van der Waals surface area contributed by atoms with Crippen LogP contribution in [0.25, 0.3) is 5.57 Å². The minimum atomic E-state index is -1.77. The number of phenolic OH excluding ortho intramolecular Hbond substituents is 2. The molecule has 14 nitrogen and oxygen atoms in total. The number of ether oxygens (including phenoxy) is 5. The van der Waals surface area contributed by atoms with Crippen LogP contribution in [0.5, 0.6) is 17.2 Å². The number of cyclic esters (lactones) is 1. The largest absolute Gasteiger partial charge is 0.508 e. The quantitative estimate of drug-likeness (QED) is 0.163.